The van der Waals surface area contributed by atoms with Crippen molar-refractivity contribution in [2.75, 3.05) is 5.32 Å². The highest BCUT2D eigenvalue weighted by Gasteiger charge is 2.16. The van der Waals surface area contributed by atoms with E-state index in [1.165, 1.54) is 0 Å². The lowest BCUT2D eigenvalue weighted by molar-refractivity contribution is -0.116. The van der Waals surface area contributed by atoms with Crippen LogP contribution in [0.15, 0.2) is 54.9 Å². The number of hydrogen-bond donors (Lipinski definition) is 1. The Morgan fingerprint density at radius 1 is 1.10 bits per heavy atom. The minimum absolute atomic E-state index is 0.0262. The molecule has 0 fully saturated rings. The van der Waals surface area contributed by atoms with E-state index in [9.17, 15) is 4.79 Å². The van der Waals surface area contributed by atoms with Gasteiger partial charge in [-0.15, -0.1) is 0 Å². The molecule has 0 atom stereocenters. The highest BCUT2D eigenvalue weighted by atomic mass is 16.1. The number of para-hydroxylation sites is 1. The zero-order valence-corrected chi connectivity index (χ0v) is 17.7. The summed E-state index contributed by atoms with van der Waals surface area (Å²) in [7, 11) is 0. The summed E-state index contributed by atoms with van der Waals surface area (Å²) in [6, 6.07) is 14.0. The Hall–Kier alpha value is -3.41. The zero-order chi connectivity index (χ0) is 21.1. The van der Waals surface area contributed by atoms with Crippen molar-refractivity contribution in [1.82, 2.24) is 19.3 Å². The molecule has 3 heterocycles. The van der Waals surface area contributed by atoms with Crippen molar-refractivity contribution in [3.63, 3.8) is 0 Å². The number of nitrogens with one attached hydrogen (secondary N) is 1. The third kappa shape index (κ3) is 3.99. The molecular weight excluding hydrogens is 374 g/mol. The van der Waals surface area contributed by atoms with E-state index in [0.29, 0.717) is 19.4 Å². The fraction of sp³-hybridized carbons (Fsp3) is 0.292. The van der Waals surface area contributed by atoms with Crippen LogP contribution in [0.5, 0.6) is 0 Å². The second-order valence-electron chi connectivity index (χ2n) is 7.58. The fourth-order valence-electron chi connectivity index (χ4n) is 3.86. The van der Waals surface area contributed by atoms with Gasteiger partial charge < -0.3 is 9.88 Å². The Bertz CT molecular complexity index is 1170. The molecule has 0 radical (unpaired) electrons. The van der Waals surface area contributed by atoms with Gasteiger partial charge in [-0.05, 0) is 62.1 Å². The number of rotatable bonds is 7. The maximum atomic E-state index is 12.5. The zero-order valence-electron chi connectivity index (χ0n) is 17.7. The van der Waals surface area contributed by atoms with Crippen molar-refractivity contribution in [1.29, 1.82) is 0 Å². The van der Waals surface area contributed by atoms with Gasteiger partial charge in [-0.2, -0.15) is 5.10 Å². The van der Waals surface area contributed by atoms with Crippen LogP contribution >= 0.6 is 0 Å². The van der Waals surface area contributed by atoms with Crippen LogP contribution in [0.4, 0.5) is 5.69 Å². The number of amides is 1. The van der Waals surface area contributed by atoms with E-state index < -0.39 is 0 Å². The maximum absolute atomic E-state index is 12.5. The predicted octanol–water partition coefficient (Wildman–Crippen LogP) is 4.82. The van der Waals surface area contributed by atoms with E-state index in [1.54, 1.807) is 0 Å². The van der Waals surface area contributed by atoms with Crippen molar-refractivity contribution in [3.05, 3.63) is 71.7 Å². The largest absolute Gasteiger partial charge is 0.326 e. The molecule has 0 aliphatic carbocycles. The number of carbonyl (C=O) groups excluding carboxylic acids is 1. The van der Waals surface area contributed by atoms with E-state index in [4.69, 9.17) is 10.1 Å². The van der Waals surface area contributed by atoms with Gasteiger partial charge in [0.1, 0.15) is 0 Å². The molecule has 30 heavy (non-hydrogen) atoms. The topological polar surface area (TPSA) is 64.7 Å². The van der Waals surface area contributed by atoms with Crippen LogP contribution in [0, 0.1) is 13.8 Å². The minimum atomic E-state index is 0.0262. The molecule has 154 valence electrons. The highest BCUT2D eigenvalue weighted by Crippen LogP contribution is 2.25. The molecule has 3 aromatic heterocycles. The number of aromatic nitrogens is 4. The van der Waals surface area contributed by atoms with Crippen molar-refractivity contribution in [2.24, 2.45) is 0 Å². The number of carbonyl (C=O) groups is 1. The van der Waals surface area contributed by atoms with Gasteiger partial charge in [0.15, 0.2) is 11.5 Å². The lowest BCUT2D eigenvalue weighted by Crippen LogP contribution is -2.14. The van der Waals surface area contributed by atoms with Gasteiger partial charge in [-0.3, -0.25) is 4.79 Å². The summed E-state index contributed by atoms with van der Waals surface area (Å²) in [5.74, 6) is 0.902. The van der Waals surface area contributed by atoms with E-state index in [2.05, 4.69) is 25.2 Å². The number of hydrogen-bond acceptors (Lipinski definition) is 3. The van der Waals surface area contributed by atoms with Gasteiger partial charge in [0.25, 0.3) is 0 Å². The number of anilines is 1. The molecule has 0 saturated heterocycles. The van der Waals surface area contributed by atoms with Crippen LogP contribution in [-0.2, 0) is 17.8 Å². The molecule has 4 aromatic rings. The first-order valence-corrected chi connectivity index (χ1v) is 10.4. The first kappa shape index (κ1) is 19.9. The van der Waals surface area contributed by atoms with E-state index in [1.807, 2.05) is 65.0 Å². The maximum Gasteiger partial charge on any atom is 0.224 e. The SMILES string of the molecule is CCc1ccccc1NC(=O)CCCn1nc(-n2cccc2)c2c(C)cc(C)nc21. The van der Waals surface area contributed by atoms with Crippen LogP contribution in [0.2, 0.25) is 0 Å². The second kappa shape index (κ2) is 8.53. The number of aryl methyl sites for hydroxylation is 4. The van der Waals surface area contributed by atoms with Gasteiger partial charge >= 0.3 is 0 Å². The Kier molecular flexibility index (Phi) is 5.65. The van der Waals surface area contributed by atoms with Gasteiger partial charge in [0.2, 0.25) is 5.91 Å². The fourth-order valence-corrected chi connectivity index (χ4v) is 3.86. The molecule has 0 unspecified atom stereocenters. The summed E-state index contributed by atoms with van der Waals surface area (Å²) in [5, 5.41) is 8.92. The molecule has 6 nitrogen and oxygen atoms in total. The van der Waals surface area contributed by atoms with Crippen LogP contribution in [0.1, 0.15) is 36.6 Å². The van der Waals surface area contributed by atoms with Crippen LogP contribution < -0.4 is 5.32 Å². The van der Waals surface area contributed by atoms with Crippen molar-refractivity contribution in [3.8, 4) is 5.82 Å². The summed E-state index contributed by atoms with van der Waals surface area (Å²) < 4.78 is 3.94. The standard InChI is InChI=1S/C24H27N5O/c1-4-19-10-5-6-11-20(19)26-21(30)12-9-15-29-23-22(17(2)16-18(3)25-23)24(27-29)28-13-7-8-14-28/h5-8,10-11,13-14,16H,4,9,12,15H2,1-3H3,(H,26,30). The third-order valence-corrected chi connectivity index (χ3v) is 5.30. The van der Waals surface area contributed by atoms with Crippen LogP contribution in [0.3, 0.4) is 0 Å². The van der Waals surface area contributed by atoms with Crippen LogP contribution in [0.25, 0.3) is 16.9 Å². The van der Waals surface area contributed by atoms with Gasteiger partial charge in [-0.1, -0.05) is 25.1 Å². The predicted molar refractivity (Wildman–Crippen MR) is 120 cm³/mol. The first-order valence-electron chi connectivity index (χ1n) is 10.4. The molecule has 1 aromatic carbocycles. The Balaban J connectivity index is 1.51. The quantitative estimate of drug-likeness (QED) is 0.483. The lowest BCUT2D eigenvalue weighted by Gasteiger charge is -2.09. The molecule has 0 saturated carbocycles. The van der Waals surface area contributed by atoms with Gasteiger partial charge in [0.05, 0.1) is 5.39 Å². The number of benzene rings is 1. The molecule has 0 aliphatic heterocycles. The van der Waals surface area contributed by atoms with E-state index in [-0.39, 0.29) is 5.91 Å². The second-order valence-corrected chi connectivity index (χ2v) is 7.58. The van der Waals surface area contributed by atoms with Crippen molar-refractivity contribution < 1.29 is 4.79 Å². The van der Waals surface area contributed by atoms with Crippen molar-refractivity contribution in [2.45, 2.75) is 46.6 Å². The summed E-state index contributed by atoms with van der Waals surface area (Å²) in [4.78, 5) is 17.2. The molecule has 1 amide bonds. The third-order valence-electron chi connectivity index (χ3n) is 5.30. The molecule has 0 bridgehead atoms. The van der Waals surface area contributed by atoms with Gasteiger partial charge in [0, 0.05) is 36.7 Å². The molecule has 1 N–H and O–H groups in total. The minimum Gasteiger partial charge on any atom is -0.326 e. The Morgan fingerprint density at radius 2 is 1.87 bits per heavy atom. The average Bonchev–Trinajstić information content (AvgIpc) is 3.37. The average molecular weight is 402 g/mol. The summed E-state index contributed by atoms with van der Waals surface area (Å²) in [5.41, 5.74) is 5.04. The first-order chi connectivity index (χ1) is 14.6. The van der Waals surface area contributed by atoms with Crippen LogP contribution in [-0.4, -0.2) is 25.2 Å². The summed E-state index contributed by atoms with van der Waals surface area (Å²) >= 11 is 0. The van der Waals surface area contributed by atoms with Gasteiger partial charge in [-0.25, -0.2) is 9.67 Å². The smallest absolute Gasteiger partial charge is 0.224 e. The molecule has 0 spiro atoms. The Labute approximate surface area is 176 Å². The molecule has 0 aliphatic rings. The molecule has 4 rings (SSSR count). The highest BCUT2D eigenvalue weighted by molar-refractivity contribution is 5.91. The summed E-state index contributed by atoms with van der Waals surface area (Å²) in [6.45, 7) is 6.82. The normalized spacial score (nSPS) is 11.2. The van der Waals surface area contributed by atoms with E-state index >= 15 is 0 Å². The number of pyridine rings is 1. The Morgan fingerprint density at radius 3 is 2.63 bits per heavy atom. The molecule has 6 heteroatoms. The van der Waals surface area contributed by atoms with Crippen molar-refractivity contribution >= 4 is 22.6 Å². The number of nitrogens with zero attached hydrogens (tertiary/aromatic N) is 4. The lowest BCUT2D eigenvalue weighted by atomic mass is 10.1. The monoisotopic (exact) mass is 401 g/mol. The summed E-state index contributed by atoms with van der Waals surface area (Å²) in [6.07, 6.45) is 6.00. The number of fused-ring (bicyclic) bond motifs is 1. The molecular formula is C24H27N5O. The van der Waals surface area contributed by atoms with E-state index in [0.717, 1.165) is 45.8 Å².